The van der Waals surface area contributed by atoms with Gasteiger partial charge in [0.05, 0.1) is 21.6 Å². The number of carbonyl (C=O) groups excluding carboxylic acids is 2. The highest BCUT2D eigenvalue weighted by Crippen LogP contribution is 2.41. The highest BCUT2D eigenvalue weighted by molar-refractivity contribution is 9.10. The fraction of sp³-hybridized carbons (Fsp3) is 0.107. The molecule has 0 saturated carbocycles. The summed E-state index contributed by atoms with van der Waals surface area (Å²) in [5, 5.41) is 11.9. The first-order valence-corrected chi connectivity index (χ1v) is 13.7. The van der Waals surface area contributed by atoms with Gasteiger partial charge in [0.15, 0.2) is 0 Å². The van der Waals surface area contributed by atoms with Crippen LogP contribution in [0.1, 0.15) is 28.4 Å². The minimum absolute atomic E-state index is 0.0503. The quantitative estimate of drug-likeness (QED) is 0.265. The van der Waals surface area contributed by atoms with Crippen molar-refractivity contribution in [1.29, 1.82) is 0 Å². The van der Waals surface area contributed by atoms with Crippen LogP contribution in [0.3, 0.4) is 0 Å². The highest BCUT2D eigenvalue weighted by atomic mass is 79.9. The zero-order valence-corrected chi connectivity index (χ0v) is 23.8. The maximum atomic E-state index is 12.7. The number of aliphatic hydroxyl groups excluding tert-OH is 1. The average molecular weight is 633 g/mol. The number of ether oxygens (including phenoxy) is 2. The molecule has 0 saturated heterocycles. The van der Waals surface area contributed by atoms with Crippen LogP contribution in [-0.2, 0) is 16.1 Å². The van der Waals surface area contributed by atoms with E-state index in [1.165, 1.54) is 0 Å². The Kier molecular flexibility index (Phi) is 9.33. The van der Waals surface area contributed by atoms with Crippen LogP contribution in [0.5, 0.6) is 5.75 Å². The maximum absolute atomic E-state index is 12.7. The first-order chi connectivity index (χ1) is 18.3. The Morgan fingerprint density at radius 2 is 1.82 bits per heavy atom. The number of nitrogens with zero attached hydrogens (tertiary/aromatic N) is 1. The number of aliphatic imine (C=N–C) groups is 1. The molecular weight excluding hydrogens is 613 g/mol. The van der Waals surface area contributed by atoms with E-state index in [9.17, 15) is 14.7 Å². The van der Waals surface area contributed by atoms with E-state index in [1.54, 1.807) is 67.6 Å². The summed E-state index contributed by atoms with van der Waals surface area (Å²) in [5.41, 5.74) is 1.62. The van der Waals surface area contributed by atoms with E-state index in [2.05, 4.69) is 20.9 Å². The topological polar surface area (TPSA) is 85.2 Å². The third-order valence-corrected chi connectivity index (χ3v) is 7.48. The van der Waals surface area contributed by atoms with E-state index in [1.807, 2.05) is 12.1 Å². The van der Waals surface area contributed by atoms with Crippen molar-refractivity contribution in [3.8, 4) is 5.75 Å². The van der Waals surface area contributed by atoms with Crippen LogP contribution >= 0.6 is 50.9 Å². The number of amides is 1. The number of hydrogen-bond donors (Lipinski definition) is 1. The van der Waals surface area contributed by atoms with Crippen molar-refractivity contribution in [2.75, 3.05) is 6.61 Å². The summed E-state index contributed by atoms with van der Waals surface area (Å²) in [6.07, 6.45) is 1.66. The van der Waals surface area contributed by atoms with Crippen LogP contribution in [-0.4, -0.2) is 28.6 Å². The number of rotatable bonds is 7. The summed E-state index contributed by atoms with van der Waals surface area (Å²) in [4.78, 5) is 29.9. The van der Waals surface area contributed by atoms with Gasteiger partial charge < -0.3 is 14.6 Å². The molecule has 4 rings (SSSR count). The van der Waals surface area contributed by atoms with Gasteiger partial charge in [-0.15, -0.1) is 0 Å². The van der Waals surface area contributed by atoms with Gasteiger partial charge in [-0.05, 0) is 61.0 Å². The maximum Gasteiger partial charge on any atom is 0.344 e. The van der Waals surface area contributed by atoms with E-state index < -0.39 is 11.9 Å². The van der Waals surface area contributed by atoms with E-state index in [0.717, 1.165) is 21.8 Å². The molecule has 1 aliphatic heterocycles. The summed E-state index contributed by atoms with van der Waals surface area (Å²) >= 11 is 16.6. The Balaban J connectivity index is 1.68. The second-order valence-electron chi connectivity index (χ2n) is 7.86. The largest absolute Gasteiger partial charge is 0.506 e. The zero-order valence-electron chi connectivity index (χ0n) is 19.9. The molecule has 0 atom stereocenters. The van der Waals surface area contributed by atoms with Crippen molar-refractivity contribution < 1.29 is 24.2 Å². The molecule has 1 N–H and O–H groups in total. The molecule has 6 nitrogen and oxygen atoms in total. The van der Waals surface area contributed by atoms with Crippen LogP contribution < -0.4 is 4.74 Å². The standard InChI is InChI=1S/C28H20BrCl2NO5S/c1-2-36-28(35)24-25(33)23(38-27(24)32-26(34)17-6-4-3-5-7-17)14-18-13-19(29)9-11-22(18)37-15-16-8-10-20(30)21(31)12-16/h3-14,33H,2,15H2,1H3/b23-14-,32-27?. The Bertz CT molecular complexity index is 1490. The molecule has 0 aliphatic carbocycles. The molecule has 0 radical (unpaired) electrons. The molecule has 1 heterocycles. The number of hydrogen-bond acceptors (Lipinski definition) is 6. The first-order valence-electron chi connectivity index (χ1n) is 11.3. The Morgan fingerprint density at radius 1 is 1.05 bits per heavy atom. The average Bonchev–Trinajstić information content (AvgIpc) is 3.20. The van der Waals surface area contributed by atoms with E-state index in [4.69, 9.17) is 32.7 Å². The lowest BCUT2D eigenvalue weighted by Crippen LogP contribution is -2.14. The number of esters is 1. The van der Waals surface area contributed by atoms with Crippen molar-refractivity contribution in [2.45, 2.75) is 13.5 Å². The minimum atomic E-state index is -0.772. The molecule has 38 heavy (non-hydrogen) atoms. The van der Waals surface area contributed by atoms with Gasteiger partial charge in [-0.25, -0.2) is 9.79 Å². The summed E-state index contributed by atoms with van der Waals surface area (Å²) in [5.74, 6) is -1.13. The molecule has 1 aliphatic rings. The summed E-state index contributed by atoms with van der Waals surface area (Å²) < 4.78 is 11.9. The molecule has 3 aromatic carbocycles. The Hall–Kier alpha value is -3.04. The van der Waals surface area contributed by atoms with Gasteiger partial charge in [0.1, 0.15) is 28.7 Å². The molecule has 194 valence electrons. The summed E-state index contributed by atoms with van der Waals surface area (Å²) in [6, 6.07) is 19.1. The zero-order chi connectivity index (χ0) is 27.2. The van der Waals surface area contributed by atoms with E-state index >= 15 is 0 Å². The molecular formula is C28H20BrCl2NO5S. The minimum Gasteiger partial charge on any atom is -0.506 e. The van der Waals surface area contributed by atoms with Gasteiger partial charge >= 0.3 is 5.97 Å². The summed E-state index contributed by atoms with van der Waals surface area (Å²) in [6.45, 7) is 1.97. The molecule has 0 aromatic heterocycles. The molecule has 1 amide bonds. The number of benzene rings is 3. The third kappa shape index (κ3) is 6.69. The lowest BCUT2D eigenvalue weighted by Gasteiger charge is -2.11. The molecule has 0 fully saturated rings. The predicted molar refractivity (Wildman–Crippen MR) is 155 cm³/mol. The Morgan fingerprint density at radius 3 is 2.53 bits per heavy atom. The van der Waals surface area contributed by atoms with Gasteiger partial charge in [0.25, 0.3) is 5.91 Å². The lowest BCUT2D eigenvalue weighted by molar-refractivity contribution is -0.138. The van der Waals surface area contributed by atoms with Crippen molar-refractivity contribution in [2.24, 2.45) is 4.99 Å². The van der Waals surface area contributed by atoms with Gasteiger partial charge in [-0.3, -0.25) is 4.79 Å². The second-order valence-corrected chi connectivity index (χ2v) is 10.6. The normalized spacial score (nSPS) is 15.3. The lowest BCUT2D eigenvalue weighted by atomic mass is 10.1. The number of thioether (sulfide) groups is 1. The van der Waals surface area contributed by atoms with Crippen LogP contribution in [0, 0.1) is 0 Å². The molecule has 0 unspecified atom stereocenters. The van der Waals surface area contributed by atoms with E-state index in [-0.39, 0.29) is 29.6 Å². The first kappa shape index (κ1) is 28.0. The molecule has 0 bridgehead atoms. The van der Waals surface area contributed by atoms with Gasteiger partial charge in [-0.1, -0.05) is 75.2 Å². The highest BCUT2D eigenvalue weighted by Gasteiger charge is 2.34. The number of carbonyl (C=O) groups is 2. The van der Waals surface area contributed by atoms with E-state index in [0.29, 0.717) is 31.8 Å². The fourth-order valence-electron chi connectivity index (χ4n) is 3.42. The fourth-order valence-corrected chi connectivity index (χ4v) is 5.13. The summed E-state index contributed by atoms with van der Waals surface area (Å²) in [7, 11) is 0. The monoisotopic (exact) mass is 631 g/mol. The second kappa shape index (κ2) is 12.7. The van der Waals surface area contributed by atoms with Crippen molar-refractivity contribution in [1.82, 2.24) is 0 Å². The number of aliphatic hydroxyl groups is 1. The SMILES string of the molecule is CCOC(=O)C1=C(O)/C(=C/c2cc(Br)ccc2OCc2ccc(Cl)c(Cl)c2)SC1=NC(=O)c1ccccc1. The predicted octanol–water partition coefficient (Wildman–Crippen LogP) is 8.04. The van der Waals surface area contributed by atoms with Crippen LogP contribution in [0.15, 0.2) is 92.4 Å². The molecule has 0 spiro atoms. The van der Waals surface area contributed by atoms with Crippen molar-refractivity contribution in [3.05, 3.63) is 114 Å². The van der Waals surface area contributed by atoms with Crippen LogP contribution in [0.2, 0.25) is 10.0 Å². The molecule has 3 aromatic rings. The molecule has 10 heteroatoms. The third-order valence-electron chi connectivity index (χ3n) is 5.23. The van der Waals surface area contributed by atoms with Crippen LogP contribution in [0.25, 0.3) is 6.08 Å². The van der Waals surface area contributed by atoms with Crippen molar-refractivity contribution >= 4 is 73.9 Å². The van der Waals surface area contributed by atoms with Crippen molar-refractivity contribution in [3.63, 3.8) is 0 Å². The van der Waals surface area contributed by atoms with Crippen LogP contribution in [0.4, 0.5) is 0 Å². The Labute approximate surface area is 242 Å². The smallest absolute Gasteiger partial charge is 0.344 e. The van der Waals surface area contributed by atoms with Gasteiger partial charge in [-0.2, -0.15) is 0 Å². The van der Waals surface area contributed by atoms with Gasteiger partial charge in [0, 0.05) is 15.6 Å². The number of halogens is 3. The van der Waals surface area contributed by atoms with Gasteiger partial charge in [0.2, 0.25) is 0 Å².